The molecule has 1 atom stereocenters. The molecule has 3 nitrogen and oxygen atoms in total. The number of nitriles is 1. The lowest BCUT2D eigenvalue weighted by atomic mass is 10.1. The summed E-state index contributed by atoms with van der Waals surface area (Å²) in [7, 11) is 0. The molecule has 1 heterocycles. The smallest absolute Gasteiger partial charge is 0.101 e. The van der Waals surface area contributed by atoms with Crippen LogP contribution in [0.5, 0.6) is 0 Å². The quantitative estimate of drug-likeness (QED) is 0.783. The van der Waals surface area contributed by atoms with E-state index in [9.17, 15) is 5.26 Å². The summed E-state index contributed by atoms with van der Waals surface area (Å²) in [6.45, 7) is 6.65. The fraction of sp³-hybridized carbons (Fsp3) is 0.500. The second-order valence-corrected chi connectivity index (χ2v) is 4.48. The Morgan fingerprint density at radius 1 is 1.53 bits per heavy atom. The average Bonchev–Trinajstić information content (AvgIpc) is 2.38. The molecular weight excluding hydrogens is 212 g/mol. The van der Waals surface area contributed by atoms with Crippen molar-refractivity contribution in [1.82, 2.24) is 0 Å². The highest BCUT2D eigenvalue weighted by Crippen LogP contribution is 2.23. The van der Waals surface area contributed by atoms with Gasteiger partial charge in [-0.2, -0.15) is 5.26 Å². The fourth-order valence-electron chi connectivity index (χ4n) is 2.20. The lowest BCUT2D eigenvalue weighted by molar-refractivity contribution is 0.0384. The molecule has 0 aliphatic carbocycles. The van der Waals surface area contributed by atoms with E-state index >= 15 is 0 Å². The zero-order valence-corrected chi connectivity index (χ0v) is 10.4. The number of ether oxygens (including phenoxy) is 1. The van der Waals surface area contributed by atoms with E-state index in [1.165, 1.54) is 0 Å². The van der Waals surface area contributed by atoms with Gasteiger partial charge < -0.3 is 9.64 Å². The van der Waals surface area contributed by atoms with Gasteiger partial charge in [0.15, 0.2) is 0 Å². The van der Waals surface area contributed by atoms with E-state index in [4.69, 9.17) is 4.74 Å². The summed E-state index contributed by atoms with van der Waals surface area (Å²) in [4.78, 5) is 2.26. The summed E-state index contributed by atoms with van der Waals surface area (Å²) in [5.74, 6) is 0. The number of anilines is 1. The van der Waals surface area contributed by atoms with Crippen molar-refractivity contribution in [2.45, 2.75) is 26.4 Å². The largest absolute Gasteiger partial charge is 0.375 e. The molecule has 0 bridgehead atoms. The fourth-order valence-corrected chi connectivity index (χ4v) is 2.20. The van der Waals surface area contributed by atoms with Crippen molar-refractivity contribution in [3.63, 3.8) is 0 Å². The van der Waals surface area contributed by atoms with E-state index in [1.54, 1.807) is 0 Å². The van der Waals surface area contributed by atoms with Gasteiger partial charge in [-0.1, -0.05) is 13.0 Å². The topological polar surface area (TPSA) is 36.3 Å². The Balaban J connectivity index is 2.24. The van der Waals surface area contributed by atoms with Gasteiger partial charge in [-0.05, 0) is 31.0 Å². The number of nitrogens with zero attached hydrogens (tertiary/aromatic N) is 2. The summed E-state index contributed by atoms with van der Waals surface area (Å²) in [5.41, 5.74) is 2.94. The molecule has 0 spiro atoms. The van der Waals surface area contributed by atoms with E-state index in [0.717, 1.165) is 42.9 Å². The summed E-state index contributed by atoms with van der Waals surface area (Å²) < 4.78 is 5.65. The predicted octanol–water partition coefficient (Wildman–Crippen LogP) is 2.48. The van der Waals surface area contributed by atoms with Gasteiger partial charge in [0.2, 0.25) is 0 Å². The molecule has 1 aliphatic heterocycles. The van der Waals surface area contributed by atoms with Crippen LogP contribution >= 0.6 is 0 Å². The highest BCUT2D eigenvalue weighted by molar-refractivity contribution is 5.60. The number of hydrogen-bond donors (Lipinski definition) is 0. The zero-order chi connectivity index (χ0) is 12.3. The van der Waals surface area contributed by atoms with Crippen LogP contribution in [0.3, 0.4) is 0 Å². The van der Waals surface area contributed by atoms with Gasteiger partial charge in [-0.25, -0.2) is 0 Å². The van der Waals surface area contributed by atoms with E-state index in [-0.39, 0.29) is 6.10 Å². The third kappa shape index (κ3) is 2.59. The number of morpholine rings is 1. The minimum absolute atomic E-state index is 0.289. The minimum atomic E-state index is 0.289. The van der Waals surface area contributed by atoms with Crippen LogP contribution in [0.15, 0.2) is 18.2 Å². The van der Waals surface area contributed by atoms with Gasteiger partial charge >= 0.3 is 0 Å². The molecule has 3 heteroatoms. The lowest BCUT2D eigenvalue weighted by Gasteiger charge is -2.34. The molecule has 0 aromatic heterocycles. The van der Waals surface area contributed by atoms with Gasteiger partial charge in [0, 0.05) is 13.1 Å². The van der Waals surface area contributed by atoms with Gasteiger partial charge in [0.25, 0.3) is 0 Å². The molecule has 0 radical (unpaired) electrons. The van der Waals surface area contributed by atoms with Crippen LogP contribution in [-0.4, -0.2) is 25.8 Å². The number of rotatable bonds is 2. The van der Waals surface area contributed by atoms with Crippen molar-refractivity contribution in [2.24, 2.45) is 0 Å². The molecule has 1 unspecified atom stereocenters. The highest BCUT2D eigenvalue weighted by Gasteiger charge is 2.20. The zero-order valence-electron chi connectivity index (χ0n) is 10.4. The Hall–Kier alpha value is -1.53. The number of hydrogen-bond acceptors (Lipinski definition) is 3. The molecule has 0 saturated carbocycles. The molecule has 1 fully saturated rings. The molecule has 2 rings (SSSR count). The van der Waals surface area contributed by atoms with E-state index in [2.05, 4.69) is 24.0 Å². The SMILES string of the molecule is CCC1CN(c2ccc(C)cc2C#N)CCO1. The maximum Gasteiger partial charge on any atom is 0.101 e. The molecule has 1 aromatic rings. The maximum atomic E-state index is 9.19. The molecule has 90 valence electrons. The minimum Gasteiger partial charge on any atom is -0.375 e. The average molecular weight is 230 g/mol. The summed E-state index contributed by atoms with van der Waals surface area (Å²) in [6.07, 6.45) is 1.31. The monoisotopic (exact) mass is 230 g/mol. The Bertz CT molecular complexity index is 436. The Kier molecular flexibility index (Phi) is 3.65. The first-order valence-corrected chi connectivity index (χ1v) is 6.12. The first kappa shape index (κ1) is 11.9. The Labute approximate surface area is 103 Å². The van der Waals surface area contributed by atoms with E-state index < -0.39 is 0 Å². The lowest BCUT2D eigenvalue weighted by Crippen LogP contribution is -2.42. The predicted molar refractivity (Wildman–Crippen MR) is 68.1 cm³/mol. The number of aryl methyl sites for hydroxylation is 1. The van der Waals surface area contributed by atoms with Gasteiger partial charge in [0.05, 0.1) is 24.0 Å². The molecule has 1 saturated heterocycles. The molecule has 0 N–H and O–H groups in total. The van der Waals surface area contributed by atoms with Crippen LogP contribution in [0.1, 0.15) is 24.5 Å². The van der Waals surface area contributed by atoms with Crippen LogP contribution in [0.25, 0.3) is 0 Å². The van der Waals surface area contributed by atoms with Crippen molar-refractivity contribution in [1.29, 1.82) is 5.26 Å². The molecule has 1 aliphatic rings. The number of benzene rings is 1. The maximum absolute atomic E-state index is 9.19. The Morgan fingerprint density at radius 3 is 3.06 bits per heavy atom. The first-order chi connectivity index (χ1) is 8.24. The van der Waals surface area contributed by atoms with E-state index in [0.29, 0.717) is 0 Å². The summed E-state index contributed by atoms with van der Waals surface area (Å²) in [5, 5.41) is 9.19. The van der Waals surface area contributed by atoms with Gasteiger partial charge in [0.1, 0.15) is 6.07 Å². The van der Waals surface area contributed by atoms with Crippen molar-refractivity contribution >= 4 is 5.69 Å². The molecular formula is C14H18N2O. The van der Waals surface area contributed by atoms with Crippen LogP contribution in [0.2, 0.25) is 0 Å². The first-order valence-electron chi connectivity index (χ1n) is 6.12. The third-order valence-corrected chi connectivity index (χ3v) is 3.21. The molecule has 0 amide bonds. The summed E-state index contributed by atoms with van der Waals surface area (Å²) >= 11 is 0. The molecule has 17 heavy (non-hydrogen) atoms. The van der Waals surface area contributed by atoms with Crippen LogP contribution in [0.4, 0.5) is 5.69 Å². The highest BCUT2D eigenvalue weighted by atomic mass is 16.5. The van der Waals surface area contributed by atoms with Crippen molar-refractivity contribution < 1.29 is 4.74 Å². The van der Waals surface area contributed by atoms with Crippen LogP contribution in [0, 0.1) is 18.3 Å². The van der Waals surface area contributed by atoms with Gasteiger partial charge in [-0.15, -0.1) is 0 Å². The van der Waals surface area contributed by atoms with Crippen LogP contribution in [-0.2, 0) is 4.74 Å². The Morgan fingerprint density at radius 2 is 2.35 bits per heavy atom. The third-order valence-electron chi connectivity index (χ3n) is 3.21. The van der Waals surface area contributed by atoms with Gasteiger partial charge in [-0.3, -0.25) is 0 Å². The van der Waals surface area contributed by atoms with E-state index in [1.807, 2.05) is 19.1 Å². The summed E-state index contributed by atoms with van der Waals surface area (Å²) in [6, 6.07) is 8.34. The van der Waals surface area contributed by atoms with Crippen molar-refractivity contribution in [3.05, 3.63) is 29.3 Å². The normalized spacial score (nSPS) is 20.1. The van der Waals surface area contributed by atoms with Crippen molar-refractivity contribution in [2.75, 3.05) is 24.6 Å². The molecule has 1 aromatic carbocycles. The van der Waals surface area contributed by atoms with Crippen molar-refractivity contribution in [3.8, 4) is 6.07 Å². The second-order valence-electron chi connectivity index (χ2n) is 4.48. The van der Waals surface area contributed by atoms with Crippen LogP contribution < -0.4 is 4.90 Å². The second kappa shape index (κ2) is 5.20. The standard InChI is InChI=1S/C14H18N2O/c1-3-13-10-16(6-7-17-13)14-5-4-11(2)8-12(14)9-15/h4-5,8,13H,3,6-7,10H2,1-2H3.